The van der Waals surface area contributed by atoms with E-state index in [1.807, 2.05) is 0 Å². The summed E-state index contributed by atoms with van der Waals surface area (Å²) in [6.45, 7) is 0. The monoisotopic (exact) mass is 143 g/mol. The van der Waals surface area contributed by atoms with Crippen LogP contribution < -0.4 is 10.2 Å². The molecule has 0 aliphatic heterocycles. The van der Waals surface area contributed by atoms with Crippen LogP contribution in [0.3, 0.4) is 0 Å². The number of carbonyl (C=O) groups excluding carboxylic acids is 2. The van der Waals surface area contributed by atoms with Crippen LogP contribution in [0, 0.1) is 0 Å². The molecule has 0 saturated heterocycles. The van der Waals surface area contributed by atoms with Gasteiger partial charge in [-0.25, -0.2) is 0 Å². The molecule has 41 valence electrons. The summed E-state index contributed by atoms with van der Waals surface area (Å²) >= 11 is 0. The third-order valence-corrected chi connectivity index (χ3v) is 0.167. The molecule has 0 aromatic heterocycles. The van der Waals surface area contributed by atoms with Crippen molar-refractivity contribution in [3.05, 3.63) is 0 Å². The normalized spacial score (nSPS) is 6.29. The maximum absolute atomic E-state index is 8.93. The molecule has 0 aromatic carbocycles. The van der Waals surface area contributed by atoms with Crippen molar-refractivity contribution in [2.45, 2.75) is 0 Å². The Hall–Kier alpha value is -0.541. The van der Waals surface area contributed by atoms with Crippen molar-refractivity contribution in [1.82, 2.24) is 0 Å². The van der Waals surface area contributed by atoms with E-state index in [4.69, 9.17) is 19.8 Å². The van der Waals surface area contributed by atoms with Gasteiger partial charge >= 0.3 is 0 Å². The van der Waals surface area contributed by atoms with Gasteiger partial charge in [-0.2, -0.15) is 0 Å². The third kappa shape index (κ3) is 5.46. The first-order valence-corrected chi connectivity index (χ1v) is 1.07. The second-order valence-electron chi connectivity index (χ2n) is 0.575. The van der Waals surface area contributed by atoms with Crippen molar-refractivity contribution in [3.63, 3.8) is 0 Å². The van der Waals surface area contributed by atoms with Gasteiger partial charge in [-0.3, -0.25) is 0 Å². The molecule has 1 radical (unpaired) electrons. The van der Waals surface area contributed by atoms with Crippen LogP contribution >= 0.6 is 0 Å². The van der Waals surface area contributed by atoms with Crippen LogP contribution in [-0.4, -0.2) is 11.9 Å². The number of rotatable bonds is 0. The average molecular weight is 143 g/mol. The molecule has 5 heteroatoms. The van der Waals surface area contributed by atoms with Gasteiger partial charge in [0.1, 0.15) is 0 Å². The van der Waals surface area contributed by atoms with Crippen molar-refractivity contribution in [1.29, 1.82) is 0 Å². The van der Waals surface area contributed by atoms with Gasteiger partial charge in [0, 0.05) is 17.1 Å². The van der Waals surface area contributed by atoms with E-state index in [0.29, 0.717) is 0 Å². The molecular formula is C2MnO4-2. The van der Waals surface area contributed by atoms with E-state index in [9.17, 15) is 0 Å². The summed E-state index contributed by atoms with van der Waals surface area (Å²) in [6.07, 6.45) is 0. The van der Waals surface area contributed by atoms with E-state index in [-0.39, 0.29) is 17.1 Å². The Balaban J connectivity index is 0. The fourth-order valence-corrected chi connectivity index (χ4v) is 0. The standard InChI is InChI=1S/C2H2O4.Mn/c3-1(4)2(5)6;/h(H,3,4)(H,5,6);/p-2. The molecule has 0 unspecified atom stereocenters. The maximum atomic E-state index is 8.93. The summed E-state index contributed by atoms with van der Waals surface area (Å²) in [5.41, 5.74) is 0. The van der Waals surface area contributed by atoms with Crippen LogP contribution in [0.1, 0.15) is 0 Å². The van der Waals surface area contributed by atoms with Crippen LogP contribution in [0.2, 0.25) is 0 Å². The Bertz CT molecular complexity index is 75.7. The quantitative estimate of drug-likeness (QED) is 0.260. The number of carbonyl (C=O) groups is 2. The van der Waals surface area contributed by atoms with Crippen LogP contribution in [0.15, 0.2) is 0 Å². The van der Waals surface area contributed by atoms with E-state index in [0.717, 1.165) is 0 Å². The summed E-state index contributed by atoms with van der Waals surface area (Å²) in [6, 6.07) is 0. The largest absolute Gasteiger partial charge is 0.543 e. The number of carboxylic acids is 2. The summed E-state index contributed by atoms with van der Waals surface area (Å²) in [7, 11) is 0. The van der Waals surface area contributed by atoms with Crippen molar-refractivity contribution in [3.8, 4) is 0 Å². The Kier molecular flexibility index (Phi) is 5.04. The molecule has 0 spiro atoms. The second-order valence-corrected chi connectivity index (χ2v) is 0.575. The zero-order chi connectivity index (χ0) is 5.15. The molecule has 0 fully saturated rings. The van der Waals surface area contributed by atoms with Gasteiger partial charge in [0.25, 0.3) is 0 Å². The van der Waals surface area contributed by atoms with E-state index in [2.05, 4.69) is 0 Å². The average Bonchev–Trinajstić information content (AvgIpc) is 1.36. The summed E-state index contributed by atoms with van der Waals surface area (Å²) in [4.78, 5) is 17.9. The molecule has 0 aromatic rings. The fraction of sp³-hybridized carbons (Fsp3) is 0. The fourth-order valence-electron chi connectivity index (χ4n) is 0. The smallest absolute Gasteiger partial charge is 0.0870 e. The van der Waals surface area contributed by atoms with Gasteiger partial charge in [0.05, 0.1) is 11.9 Å². The number of carboxylic acid groups (broad SMARTS) is 2. The van der Waals surface area contributed by atoms with E-state index in [1.54, 1.807) is 0 Å². The molecule has 0 N–H and O–H groups in total. The number of hydrogen-bond donors (Lipinski definition) is 0. The van der Waals surface area contributed by atoms with Gasteiger partial charge in [-0.1, -0.05) is 0 Å². The number of aliphatic carboxylic acids is 2. The molecule has 0 saturated carbocycles. The zero-order valence-corrected chi connectivity index (χ0v) is 4.19. The molecule has 0 atom stereocenters. The maximum Gasteiger partial charge on any atom is 0.0870 e. The molecular weight excluding hydrogens is 143 g/mol. The first kappa shape index (κ1) is 9.68. The molecule has 0 bridgehead atoms. The van der Waals surface area contributed by atoms with Gasteiger partial charge < -0.3 is 19.8 Å². The molecule has 0 rings (SSSR count). The molecule has 0 aliphatic carbocycles. The molecule has 0 amide bonds. The summed E-state index contributed by atoms with van der Waals surface area (Å²) in [5.74, 6) is -4.37. The summed E-state index contributed by atoms with van der Waals surface area (Å²) < 4.78 is 0. The van der Waals surface area contributed by atoms with Crippen LogP contribution in [0.5, 0.6) is 0 Å². The minimum atomic E-state index is -2.19. The van der Waals surface area contributed by atoms with Crippen molar-refractivity contribution >= 4 is 11.9 Å². The van der Waals surface area contributed by atoms with Crippen molar-refractivity contribution in [2.75, 3.05) is 0 Å². The second kappa shape index (κ2) is 3.64. The van der Waals surface area contributed by atoms with Crippen LogP contribution in [0.25, 0.3) is 0 Å². The Morgan fingerprint density at radius 3 is 1.14 bits per heavy atom. The van der Waals surface area contributed by atoms with Crippen LogP contribution in [-0.2, 0) is 26.7 Å². The minimum Gasteiger partial charge on any atom is -0.543 e. The predicted octanol–water partition coefficient (Wildman–Crippen LogP) is -3.52. The van der Waals surface area contributed by atoms with Gasteiger partial charge in [0.15, 0.2) is 0 Å². The zero-order valence-electron chi connectivity index (χ0n) is 3.01. The molecule has 0 heterocycles. The van der Waals surface area contributed by atoms with Gasteiger partial charge in [0.2, 0.25) is 0 Å². The molecule has 7 heavy (non-hydrogen) atoms. The van der Waals surface area contributed by atoms with E-state index < -0.39 is 11.9 Å². The van der Waals surface area contributed by atoms with Gasteiger partial charge in [-0.05, 0) is 0 Å². The third-order valence-electron chi connectivity index (χ3n) is 0.167. The van der Waals surface area contributed by atoms with Gasteiger partial charge in [-0.15, -0.1) is 0 Å². The summed E-state index contributed by atoms with van der Waals surface area (Å²) in [5, 5.41) is 17.9. The van der Waals surface area contributed by atoms with E-state index in [1.165, 1.54) is 0 Å². The first-order chi connectivity index (χ1) is 2.64. The minimum absolute atomic E-state index is 0. The Labute approximate surface area is 49.6 Å². The van der Waals surface area contributed by atoms with Crippen LogP contribution in [0.4, 0.5) is 0 Å². The first-order valence-electron chi connectivity index (χ1n) is 1.07. The predicted molar refractivity (Wildman–Crippen MR) is 10.0 cm³/mol. The number of hydrogen-bond acceptors (Lipinski definition) is 4. The molecule has 0 aliphatic rings. The van der Waals surface area contributed by atoms with Crippen molar-refractivity contribution in [2.24, 2.45) is 0 Å². The SMILES string of the molecule is O=C([O-])C(=O)[O-].[Mn]. The Morgan fingerprint density at radius 1 is 1.00 bits per heavy atom. The topological polar surface area (TPSA) is 80.3 Å². The Morgan fingerprint density at radius 2 is 1.14 bits per heavy atom. The molecule has 4 nitrogen and oxygen atoms in total. The van der Waals surface area contributed by atoms with Crippen molar-refractivity contribution < 1.29 is 36.9 Å². The van der Waals surface area contributed by atoms with E-state index >= 15 is 0 Å².